The summed E-state index contributed by atoms with van der Waals surface area (Å²) in [6.45, 7) is 3.49. The van der Waals surface area contributed by atoms with Crippen LogP contribution in [0.25, 0.3) is 0 Å². The van der Waals surface area contributed by atoms with Crippen molar-refractivity contribution in [1.29, 1.82) is 0 Å². The Morgan fingerprint density at radius 1 is 1.58 bits per heavy atom. The second-order valence-electron chi connectivity index (χ2n) is 3.46. The van der Waals surface area contributed by atoms with Gasteiger partial charge in [-0.2, -0.15) is 0 Å². The summed E-state index contributed by atoms with van der Waals surface area (Å²) >= 11 is 5.88. The van der Waals surface area contributed by atoms with Gasteiger partial charge in [-0.1, -0.05) is 11.6 Å². The predicted octanol–water partition coefficient (Wildman–Crippen LogP) is 2.05. The molecule has 0 atom stereocenters. The van der Waals surface area contributed by atoms with E-state index in [-0.39, 0.29) is 0 Å². The molecule has 0 bridgehead atoms. The Labute approximate surface area is 77.2 Å². The molecule has 0 saturated heterocycles. The Kier molecular flexibility index (Phi) is 2.70. The number of hydrogen-bond acceptors (Lipinski definition) is 2. The zero-order valence-electron chi connectivity index (χ0n) is 7.21. The van der Waals surface area contributed by atoms with Crippen LogP contribution in [0.1, 0.15) is 19.4 Å². The first-order valence-corrected chi connectivity index (χ1v) is 4.17. The Bertz CT molecular complexity index is 267. The first kappa shape index (κ1) is 9.49. The number of nitrogens with zero attached hydrogens (tertiary/aromatic N) is 1. The van der Waals surface area contributed by atoms with Crippen LogP contribution >= 0.6 is 11.6 Å². The molecule has 0 saturated carbocycles. The molecule has 0 aliphatic rings. The zero-order chi connectivity index (χ0) is 9.19. The monoisotopic (exact) mass is 185 g/mol. The average Bonchev–Trinajstić information content (AvgIpc) is 1.91. The minimum atomic E-state index is -0.729. The smallest absolute Gasteiger partial charge is 0.0633 e. The number of aliphatic hydroxyl groups is 1. The molecule has 0 amide bonds. The van der Waals surface area contributed by atoms with Crippen molar-refractivity contribution in [2.24, 2.45) is 0 Å². The normalized spacial score (nSPS) is 11.7. The van der Waals surface area contributed by atoms with Crippen molar-refractivity contribution >= 4 is 11.6 Å². The van der Waals surface area contributed by atoms with E-state index in [4.69, 9.17) is 11.6 Å². The molecular formula is C9H12ClNO. The summed E-state index contributed by atoms with van der Waals surface area (Å²) < 4.78 is 0. The lowest BCUT2D eigenvalue weighted by molar-refractivity contribution is 0.0809. The van der Waals surface area contributed by atoms with E-state index in [0.717, 1.165) is 5.56 Å². The largest absolute Gasteiger partial charge is 0.390 e. The molecule has 1 aromatic heterocycles. The van der Waals surface area contributed by atoms with Crippen molar-refractivity contribution < 1.29 is 5.11 Å². The summed E-state index contributed by atoms with van der Waals surface area (Å²) in [4.78, 5) is 3.93. The van der Waals surface area contributed by atoms with Crippen LogP contribution in [-0.2, 0) is 6.42 Å². The van der Waals surface area contributed by atoms with Crippen LogP contribution in [0.4, 0.5) is 0 Å². The highest BCUT2D eigenvalue weighted by Crippen LogP contribution is 2.19. The molecule has 66 valence electrons. The van der Waals surface area contributed by atoms with Gasteiger partial charge in [-0.05, 0) is 25.5 Å². The number of aromatic nitrogens is 1. The van der Waals surface area contributed by atoms with Gasteiger partial charge in [0.2, 0.25) is 0 Å². The second kappa shape index (κ2) is 3.42. The SMILES string of the molecule is CC(C)(O)Cc1cnccc1Cl. The maximum atomic E-state index is 9.51. The Hall–Kier alpha value is -0.600. The van der Waals surface area contributed by atoms with Crippen molar-refractivity contribution in [3.63, 3.8) is 0 Å². The van der Waals surface area contributed by atoms with E-state index < -0.39 is 5.60 Å². The van der Waals surface area contributed by atoms with Gasteiger partial charge < -0.3 is 5.11 Å². The number of rotatable bonds is 2. The van der Waals surface area contributed by atoms with Crippen LogP contribution < -0.4 is 0 Å². The molecule has 2 nitrogen and oxygen atoms in total. The van der Waals surface area contributed by atoms with Gasteiger partial charge in [0.25, 0.3) is 0 Å². The van der Waals surface area contributed by atoms with Crippen LogP contribution in [-0.4, -0.2) is 15.7 Å². The highest BCUT2D eigenvalue weighted by Gasteiger charge is 2.15. The standard InChI is InChI=1S/C9H12ClNO/c1-9(2,12)5-7-6-11-4-3-8(7)10/h3-4,6,12H,5H2,1-2H3. The lowest BCUT2D eigenvalue weighted by atomic mass is 10.0. The quantitative estimate of drug-likeness (QED) is 0.765. The summed E-state index contributed by atoms with van der Waals surface area (Å²) in [7, 11) is 0. The van der Waals surface area contributed by atoms with Gasteiger partial charge in [-0.25, -0.2) is 0 Å². The predicted molar refractivity (Wildman–Crippen MR) is 49.2 cm³/mol. The zero-order valence-corrected chi connectivity index (χ0v) is 7.97. The Balaban J connectivity index is 2.83. The van der Waals surface area contributed by atoms with Crippen LogP contribution in [0.15, 0.2) is 18.5 Å². The minimum absolute atomic E-state index is 0.527. The van der Waals surface area contributed by atoms with Crippen LogP contribution in [0.2, 0.25) is 5.02 Å². The van der Waals surface area contributed by atoms with Crippen LogP contribution in [0, 0.1) is 0 Å². The molecule has 0 unspecified atom stereocenters. The Morgan fingerprint density at radius 3 is 2.75 bits per heavy atom. The van der Waals surface area contributed by atoms with Crippen LogP contribution in [0.5, 0.6) is 0 Å². The molecular weight excluding hydrogens is 174 g/mol. The fraction of sp³-hybridized carbons (Fsp3) is 0.444. The fourth-order valence-corrected chi connectivity index (χ4v) is 1.18. The van der Waals surface area contributed by atoms with Gasteiger partial charge in [-0.3, -0.25) is 4.98 Å². The molecule has 1 N–H and O–H groups in total. The highest BCUT2D eigenvalue weighted by atomic mass is 35.5. The molecule has 0 spiro atoms. The molecule has 0 aromatic carbocycles. The van der Waals surface area contributed by atoms with Gasteiger partial charge in [0, 0.05) is 23.8 Å². The lowest BCUT2D eigenvalue weighted by Gasteiger charge is -2.17. The van der Waals surface area contributed by atoms with Crippen molar-refractivity contribution in [1.82, 2.24) is 4.98 Å². The molecule has 0 aliphatic heterocycles. The molecule has 1 rings (SSSR count). The van der Waals surface area contributed by atoms with Crippen molar-refractivity contribution in [3.8, 4) is 0 Å². The molecule has 12 heavy (non-hydrogen) atoms. The molecule has 0 radical (unpaired) electrons. The van der Waals surface area contributed by atoms with Crippen LogP contribution in [0.3, 0.4) is 0 Å². The van der Waals surface area contributed by atoms with Gasteiger partial charge in [-0.15, -0.1) is 0 Å². The molecule has 1 heterocycles. The van der Waals surface area contributed by atoms with Gasteiger partial charge in [0.05, 0.1) is 5.60 Å². The minimum Gasteiger partial charge on any atom is -0.390 e. The Morgan fingerprint density at radius 2 is 2.25 bits per heavy atom. The third-order valence-corrected chi connectivity index (χ3v) is 1.84. The van der Waals surface area contributed by atoms with E-state index in [1.165, 1.54) is 0 Å². The fourth-order valence-electron chi connectivity index (χ4n) is 1.01. The molecule has 1 aromatic rings. The molecule has 3 heteroatoms. The maximum Gasteiger partial charge on any atom is 0.0633 e. The van der Waals surface area contributed by atoms with Gasteiger partial charge in [0.15, 0.2) is 0 Å². The maximum absolute atomic E-state index is 9.51. The summed E-state index contributed by atoms with van der Waals surface area (Å²) in [6, 6.07) is 1.72. The number of pyridine rings is 1. The van der Waals surface area contributed by atoms with E-state index in [1.54, 1.807) is 32.3 Å². The van der Waals surface area contributed by atoms with E-state index in [9.17, 15) is 5.11 Å². The highest BCUT2D eigenvalue weighted by molar-refractivity contribution is 6.31. The second-order valence-corrected chi connectivity index (χ2v) is 3.86. The average molecular weight is 186 g/mol. The lowest BCUT2D eigenvalue weighted by Crippen LogP contribution is -2.22. The number of halogens is 1. The van der Waals surface area contributed by atoms with E-state index in [1.807, 2.05) is 0 Å². The first-order chi connectivity index (χ1) is 5.49. The third-order valence-electron chi connectivity index (χ3n) is 1.47. The summed E-state index contributed by atoms with van der Waals surface area (Å²) in [5, 5.41) is 10.2. The van der Waals surface area contributed by atoms with E-state index >= 15 is 0 Å². The van der Waals surface area contributed by atoms with E-state index in [0.29, 0.717) is 11.4 Å². The summed E-state index contributed by atoms with van der Waals surface area (Å²) in [5.74, 6) is 0. The van der Waals surface area contributed by atoms with Crippen molar-refractivity contribution in [2.75, 3.05) is 0 Å². The summed E-state index contributed by atoms with van der Waals surface area (Å²) in [6.07, 6.45) is 3.84. The van der Waals surface area contributed by atoms with Gasteiger partial charge >= 0.3 is 0 Å². The van der Waals surface area contributed by atoms with Crippen molar-refractivity contribution in [2.45, 2.75) is 25.9 Å². The van der Waals surface area contributed by atoms with E-state index in [2.05, 4.69) is 4.98 Å². The van der Waals surface area contributed by atoms with Crippen molar-refractivity contribution in [3.05, 3.63) is 29.0 Å². The molecule has 0 aliphatic carbocycles. The first-order valence-electron chi connectivity index (χ1n) is 3.80. The number of hydrogen-bond donors (Lipinski definition) is 1. The molecule has 0 fully saturated rings. The summed E-state index contributed by atoms with van der Waals surface area (Å²) in [5.41, 5.74) is 0.152. The van der Waals surface area contributed by atoms with Gasteiger partial charge in [0.1, 0.15) is 0 Å². The third kappa shape index (κ3) is 2.80. The topological polar surface area (TPSA) is 33.1 Å².